The lowest BCUT2D eigenvalue weighted by molar-refractivity contribution is -0.393. The number of ether oxygens (including phenoxy) is 9. The summed E-state index contributed by atoms with van der Waals surface area (Å²) in [6.45, 7) is -3.56. The van der Waals surface area contributed by atoms with Gasteiger partial charge in [0.05, 0.1) is 33.0 Å². The molecular formula is C32H55NO26. The minimum Gasteiger partial charge on any atom is -0.394 e. The normalized spacial score (nSPS) is 51.0. The Morgan fingerprint density at radius 2 is 0.746 bits per heavy atom. The van der Waals surface area contributed by atoms with E-state index in [1.807, 2.05) is 0 Å². The van der Waals surface area contributed by atoms with Crippen LogP contribution in [-0.2, 0) is 47.4 Å². The van der Waals surface area contributed by atoms with Crippen molar-refractivity contribution in [3.05, 3.63) is 0 Å². The van der Waals surface area contributed by atoms with Gasteiger partial charge in [-0.25, -0.2) is 0 Å². The number of nitrogens with one attached hydrogen (secondary N) is 1. The van der Waals surface area contributed by atoms with Gasteiger partial charge in [0.2, 0.25) is 5.91 Å². The smallest absolute Gasteiger partial charge is 0.217 e. The summed E-state index contributed by atoms with van der Waals surface area (Å²) in [7, 11) is 0. The molecule has 25 atom stereocenters. The van der Waals surface area contributed by atoms with Crippen molar-refractivity contribution in [2.45, 2.75) is 160 Å². The zero-order chi connectivity index (χ0) is 43.6. The van der Waals surface area contributed by atoms with E-state index in [4.69, 9.17) is 42.6 Å². The van der Waals surface area contributed by atoms with Gasteiger partial charge in [-0.15, -0.1) is 0 Å². The lowest BCUT2D eigenvalue weighted by Crippen LogP contribution is -2.69. The van der Waals surface area contributed by atoms with Crippen LogP contribution < -0.4 is 5.32 Å². The summed E-state index contributed by atoms with van der Waals surface area (Å²) >= 11 is 0. The molecule has 27 nitrogen and oxygen atoms in total. The van der Waals surface area contributed by atoms with Crippen molar-refractivity contribution >= 4 is 5.91 Å². The van der Waals surface area contributed by atoms with Crippen LogP contribution in [0.5, 0.6) is 0 Å². The molecule has 5 aliphatic heterocycles. The summed E-state index contributed by atoms with van der Waals surface area (Å²) in [5.41, 5.74) is 0. The highest BCUT2D eigenvalue weighted by Crippen LogP contribution is 2.35. The highest BCUT2D eigenvalue weighted by atomic mass is 16.8. The van der Waals surface area contributed by atoms with Crippen molar-refractivity contribution in [2.75, 3.05) is 33.0 Å². The molecule has 344 valence electrons. The molecule has 0 aromatic heterocycles. The first-order valence-corrected chi connectivity index (χ1v) is 18.6. The number of carbonyl (C=O) groups excluding carboxylic acids is 1. The van der Waals surface area contributed by atoms with Gasteiger partial charge < -0.3 is 130 Å². The van der Waals surface area contributed by atoms with Crippen molar-refractivity contribution in [2.24, 2.45) is 0 Å². The number of aliphatic hydroxyl groups is 16. The average Bonchev–Trinajstić information content (AvgIpc) is 3.21. The van der Waals surface area contributed by atoms with E-state index in [0.29, 0.717) is 0 Å². The Hall–Kier alpha value is -1.53. The van der Waals surface area contributed by atoms with Crippen molar-refractivity contribution < 1.29 is 129 Å². The van der Waals surface area contributed by atoms with Crippen molar-refractivity contribution in [1.29, 1.82) is 0 Å². The minimum absolute atomic E-state index is 0.731. The summed E-state index contributed by atoms with van der Waals surface area (Å²) in [5.74, 6) is -0.731. The molecule has 0 bridgehead atoms. The first-order valence-electron chi connectivity index (χ1n) is 18.6. The number of hydrogen-bond donors (Lipinski definition) is 17. The zero-order valence-electron chi connectivity index (χ0n) is 31.2. The molecule has 5 saturated heterocycles. The molecule has 1 amide bonds. The molecule has 0 aliphatic carbocycles. The van der Waals surface area contributed by atoms with Gasteiger partial charge >= 0.3 is 0 Å². The van der Waals surface area contributed by atoms with E-state index < -0.39 is 192 Å². The van der Waals surface area contributed by atoms with Gasteiger partial charge in [0.15, 0.2) is 31.5 Å². The Balaban J connectivity index is 1.35. The Labute approximate surface area is 333 Å². The molecule has 0 unspecified atom stereocenters. The molecule has 5 rings (SSSR count). The minimum atomic E-state index is -2.19. The van der Waals surface area contributed by atoms with Crippen molar-refractivity contribution in [3.63, 3.8) is 0 Å². The molecule has 0 aromatic rings. The first kappa shape index (κ1) is 48.5. The second-order valence-electron chi connectivity index (χ2n) is 14.7. The van der Waals surface area contributed by atoms with Crippen LogP contribution in [0.3, 0.4) is 0 Å². The molecule has 5 fully saturated rings. The van der Waals surface area contributed by atoms with E-state index >= 15 is 0 Å². The fourth-order valence-corrected chi connectivity index (χ4v) is 7.42. The fraction of sp³-hybridized carbons (Fsp3) is 0.969. The van der Waals surface area contributed by atoms with Crippen LogP contribution in [0.2, 0.25) is 0 Å². The molecule has 0 saturated carbocycles. The van der Waals surface area contributed by atoms with Gasteiger partial charge in [0, 0.05) is 6.92 Å². The third kappa shape index (κ3) is 10.2. The van der Waals surface area contributed by atoms with Crippen LogP contribution >= 0.6 is 0 Å². The molecule has 27 heteroatoms. The largest absolute Gasteiger partial charge is 0.394 e. The molecular weight excluding hydrogens is 814 g/mol. The Bertz CT molecular complexity index is 1320. The number of hydrogen-bond acceptors (Lipinski definition) is 26. The predicted molar refractivity (Wildman–Crippen MR) is 178 cm³/mol. The van der Waals surface area contributed by atoms with Crippen LogP contribution in [0.25, 0.3) is 0 Å². The number of amides is 1. The topological polar surface area (TPSA) is 436 Å². The Kier molecular flexibility index (Phi) is 17.1. The van der Waals surface area contributed by atoms with E-state index in [-0.39, 0.29) is 0 Å². The monoisotopic (exact) mass is 869 g/mol. The number of carbonyl (C=O) groups is 1. The Morgan fingerprint density at radius 3 is 1.12 bits per heavy atom. The van der Waals surface area contributed by atoms with Gasteiger partial charge in [-0.1, -0.05) is 0 Å². The summed E-state index contributed by atoms with van der Waals surface area (Å²) < 4.78 is 49.8. The van der Waals surface area contributed by atoms with Gasteiger partial charge in [-0.3, -0.25) is 4.79 Å². The standard InChI is InChI=1S/C32H55NO26/c1-7(39)33-13-18(44)14(40)8(2-34)52-29(13)57-25-15(41)9(3-35)54-31(21(25)47)59-27-17(43)11(5-37)55-32(23(27)49)58-26-16(42)10(4-36)53-30(22(26)48)56-24-12(6-38)51-28(50)20(46)19(24)45/h8-32,34-38,40-50H,2-6H2,1H3,(H,33,39)/t8-,9-,10-,11-,12-,13-,14+,15+,16+,17+,18-,19-,20-,21-,22-,23-,24-,25+,26+,27+,28-,29+,30-,31-,32-/m1/s1. The first-order chi connectivity index (χ1) is 27.9. The van der Waals surface area contributed by atoms with Gasteiger partial charge in [-0.2, -0.15) is 0 Å². The lowest BCUT2D eigenvalue weighted by Gasteiger charge is -2.50. The molecule has 0 aromatic carbocycles. The molecule has 5 aliphatic rings. The van der Waals surface area contributed by atoms with Gasteiger partial charge in [0.25, 0.3) is 0 Å². The second kappa shape index (κ2) is 20.8. The second-order valence-corrected chi connectivity index (χ2v) is 14.7. The van der Waals surface area contributed by atoms with Crippen molar-refractivity contribution in [3.8, 4) is 0 Å². The summed E-state index contributed by atoms with van der Waals surface area (Å²) in [6, 6.07) is -1.55. The Morgan fingerprint density at radius 1 is 0.407 bits per heavy atom. The van der Waals surface area contributed by atoms with Crippen LogP contribution in [0.1, 0.15) is 6.92 Å². The molecule has 0 radical (unpaired) electrons. The maximum atomic E-state index is 11.9. The SMILES string of the molecule is CC(=O)N[C@H]1[C@H](O[C@H]2[C@@H](O)[C@@H](CO)O[C@H](O[C@H]3[C@@H](O)[C@@H](CO)O[C@H](O[C@H]4[C@@H](O)[C@@H](CO)O[C@H](O[C@H]5[C@H](O)[C@@H](O)[C@H](O)O[C@@H]5CO)[C@@H]4O)[C@@H]3O)[C@@H]2O)O[C@H](CO)[C@H](O)[C@@H]1O. The quantitative estimate of drug-likeness (QED) is 0.0770. The highest BCUT2D eigenvalue weighted by molar-refractivity contribution is 5.73. The summed E-state index contributed by atoms with van der Waals surface area (Å²) in [5, 5.41) is 171. The summed E-state index contributed by atoms with van der Waals surface area (Å²) in [4.78, 5) is 11.9. The van der Waals surface area contributed by atoms with Gasteiger partial charge in [-0.05, 0) is 0 Å². The molecule has 0 spiro atoms. The van der Waals surface area contributed by atoms with E-state index in [2.05, 4.69) is 5.32 Å². The lowest BCUT2D eigenvalue weighted by atomic mass is 9.94. The zero-order valence-corrected chi connectivity index (χ0v) is 31.2. The van der Waals surface area contributed by atoms with Crippen molar-refractivity contribution in [1.82, 2.24) is 5.32 Å². The molecule has 59 heavy (non-hydrogen) atoms. The van der Waals surface area contributed by atoms with E-state index in [1.165, 1.54) is 0 Å². The third-order valence-electron chi connectivity index (χ3n) is 10.7. The third-order valence-corrected chi connectivity index (χ3v) is 10.7. The maximum absolute atomic E-state index is 11.9. The van der Waals surface area contributed by atoms with E-state index in [9.17, 15) is 86.5 Å². The molecule has 5 heterocycles. The summed E-state index contributed by atoms with van der Waals surface area (Å²) in [6.07, 6.45) is -44.9. The van der Waals surface area contributed by atoms with E-state index in [1.54, 1.807) is 0 Å². The maximum Gasteiger partial charge on any atom is 0.217 e. The average molecular weight is 870 g/mol. The fourth-order valence-electron chi connectivity index (χ4n) is 7.42. The van der Waals surface area contributed by atoms with E-state index in [0.717, 1.165) is 6.92 Å². The van der Waals surface area contributed by atoms with Crippen LogP contribution in [0.4, 0.5) is 0 Å². The predicted octanol–water partition coefficient (Wildman–Crippen LogP) is -11.8. The van der Waals surface area contributed by atoms with Crippen LogP contribution in [0, 0.1) is 0 Å². The molecule has 17 N–H and O–H groups in total. The highest BCUT2D eigenvalue weighted by Gasteiger charge is 2.57. The van der Waals surface area contributed by atoms with Crippen LogP contribution in [0.15, 0.2) is 0 Å². The van der Waals surface area contributed by atoms with Gasteiger partial charge in [0.1, 0.15) is 122 Å². The number of rotatable bonds is 14. The van der Waals surface area contributed by atoms with Crippen LogP contribution in [-0.4, -0.2) is 274 Å². The number of aliphatic hydroxyl groups excluding tert-OH is 16.